The summed E-state index contributed by atoms with van der Waals surface area (Å²) in [6.07, 6.45) is 0. The largest absolute Gasteiger partial charge is 0.380 e. The Balaban J connectivity index is 2.91. The number of hydrogen-bond donors (Lipinski definition) is 1. The van der Waals surface area contributed by atoms with Gasteiger partial charge in [-0.05, 0) is 13.0 Å². The highest BCUT2D eigenvalue weighted by Gasteiger charge is 2.11. The van der Waals surface area contributed by atoms with Crippen molar-refractivity contribution in [2.24, 2.45) is 5.92 Å². The molecule has 1 N–H and O–H groups in total. The zero-order valence-electron chi connectivity index (χ0n) is 10.2. The Morgan fingerprint density at radius 2 is 2.19 bits per heavy atom. The molecule has 88 valence electrons. The number of nitrogens with zero attached hydrogens (tertiary/aromatic N) is 1. The van der Waals surface area contributed by atoms with E-state index >= 15 is 0 Å². The minimum atomic E-state index is -0.0577. The number of hydrogen-bond acceptors (Lipinski definition) is 3. The van der Waals surface area contributed by atoms with E-state index in [1.54, 1.807) is 7.11 Å². The number of pyridine rings is 1. The van der Waals surface area contributed by atoms with E-state index in [9.17, 15) is 4.79 Å². The summed E-state index contributed by atoms with van der Waals surface area (Å²) in [6.45, 7) is 6.03. The van der Waals surface area contributed by atoms with Crippen LogP contribution in [0.2, 0.25) is 0 Å². The van der Waals surface area contributed by atoms with Crippen LogP contribution >= 0.6 is 0 Å². The molecule has 0 saturated carbocycles. The standard InChI is InChI=1S/C12H18N2O2/c1-8(2)12(15)14-11-10(7-16-4)6-5-9(3)13-11/h5-6,8H,7H2,1-4H3,(H,13,14,15). The topological polar surface area (TPSA) is 51.2 Å². The van der Waals surface area contributed by atoms with Crippen LogP contribution in [0.5, 0.6) is 0 Å². The molecule has 0 aliphatic heterocycles. The summed E-state index contributed by atoms with van der Waals surface area (Å²) < 4.78 is 5.06. The molecule has 0 bridgehead atoms. The second kappa shape index (κ2) is 5.61. The van der Waals surface area contributed by atoms with Crippen LogP contribution in [0.4, 0.5) is 5.82 Å². The summed E-state index contributed by atoms with van der Waals surface area (Å²) in [5.74, 6) is 0.508. The van der Waals surface area contributed by atoms with Crippen molar-refractivity contribution in [3.8, 4) is 0 Å². The zero-order chi connectivity index (χ0) is 12.1. The highest BCUT2D eigenvalue weighted by molar-refractivity contribution is 5.91. The lowest BCUT2D eigenvalue weighted by Crippen LogP contribution is -2.20. The van der Waals surface area contributed by atoms with Crippen molar-refractivity contribution >= 4 is 11.7 Å². The van der Waals surface area contributed by atoms with Gasteiger partial charge in [-0.1, -0.05) is 19.9 Å². The maximum Gasteiger partial charge on any atom is 0.228 e. The molecule has 0 spiro atoms. The van der Waals surface area contributed by atoms with Gasteiger partial charge in [0, 0.05) is 24.3 Å². The van der Waals surface area contributed by atoms with E-state index in [0.717, 1.165) is 11.3 Å². The number of carbonyl (C=O) groups excluding carboxylic acids is 1. The van der Waals surface area contributed by atoms with Crippen molar-refractivity contribution < 1.29 is 9.53 Å². The summed E-state index contributed by atoms with van der Waals surface area (Å²) in [6, 6.07) is 3.82. The van der Waals surface area contributed by atoms with E-state index < -0.39 is 0 Å². The van der Waals surface area contributed by atoms with E-state index in [0.29, 0.717) is 12.4 Å². The highest BCUT2D eigenvalue weighted by Crippen LogP contribution is 2.15. The van der Waals surface area contributed by atoms with Gasteiger partial charge in [0.05, 0.1) is 6.61 Å². The predicted molar refractivity (Wildman–Crippen MR) is 63.2 cm³/mol. The summed E-state index contributed by atoms with van der Waals surface area (Å²) in [5, 5.41) is 2.81. The fraction of sp³-hybridized carbons (Fsp3) is 0.500. The summed E-state index contributed by atoms with van der Waals surface area (Å²) >= 11 is 0. The molecule has 1 aromatic heterocycles. The molecule has 0 radical (unpaired) electrons. The van der Waals surface area contributed by atoms with Crippen molar-refractivity contribution in [1.82, 2.24) is 4.98 Å². The van der Waals surface area contributed by atoms with Gasteiger partial charge < -0.3 is 10.1 Å². The fourth-order valence-electron chi connectivity index (χ4n) is 1.23. The molecule has 0 aliphatic rings. The van der Waals surface area contributed by atoms with Crippen molar-refractivity contribution in [2.75, 3.05) is 12.4 Å². The minimum Gasteiger partial charge on any atom is -0.380 e. The van der Waals surface area contributed by atoms with Gasteiger partial charge in [-0.15, -0.1) is 0 Å². The van der Waals surface area contributed by atoms with Gasteiger partial charge in [-0.2, -0.15) is 0 Å². The minimum absolute atomic E-state index is 0.0320. The molecular weight excluding hydrogens is 204 g/mol. The van der Waals surface area contributed by atoms with Gasteiger partial charge in [0.1, 0.15) is 5.82 Å². The fourth-order valence-corrected chi connectivity index (χ4v) is 1.23. The van der Waals surface area contributed by atoms with E-state index in [4.69, 9.17) is 4.74 Å². The first-order valence-electron chi connectivity index (χ1n) is 5.31. The average Bonchev–Trinajstić information content (AvgIpc) is 2.22. The van der Waals surface area contributed by atoms with Crippen molar-refractivity contribution in [3.05, 3.63) is 23.4 Å². The Hall–Kier alpha value is -1.42. The summed E-state index contributed by atoms with van der Waals surface area (Å²) in [4.78, 5) is 15.9. The molecule has 0 atom stereocenters. The van der Waals surface area contributed by atoms with Crippen molar-refractivity contribution in [3.63, 3.8) is 0 Å². The molecule has 4 heteroatoms. The Labute approximate surface area is 96.0 Å². The number of rotatable bonds is 4. The number of aryl methyl sites for hydroxylation is 1. The van der Waals surface area contributed by atoms with Crippen LogP contribution in [0.25, 0.3) is 0 Å². The van der Waals surface area contributed by atoms with Crippen LogP contribution in [-0.4, -0.2) is 18.0 Å². The van der Waals surface area contributed by atoms with Crippen LogP contribution in [0, 0.1) is 12.8 Å². The maximum atomic E-state index is 11.6. The van der Waals surface area contributed by atoms with Gasteiger partial charge in [0.15, 0.2) is 0 Å². The first kappa shape index (κ1) is 12.6. The number of ether oxygens (including phenoxy) is 1. The van der Waals surface area contributed by atoms with E-state index in [2.05, 4.69) is 10.3 Å². The van der Waals surface area contributed by atoms with Crippen LogP contribution in [0.15, 0.2) is 12.1 Å². The Morgan fingerprint density at radius 3 is 2.75 bits per heavy atom. The molecule has 16 heavy (non-hydrogen) atoms. The number of aromatic nitrogens is 1. The molecule has 1 aromatic rings. The van der Waals surface area contributed by atoms with Crippen molar-refractivity contribution in [1.29, 1.82) is 0 Å². The molecule has 1 amide bonds. The van der Waals surface area contributed by atoms with Crippen LogP contribution in [0.1, 0.15) is 25.1 Å². The molecule has 0 aromatic carbocycles. The number of anilines is 1. The monoisotopic (exact) mass is 222 g/mol. The first-order valence-corrected chi connectivity index (χ1v) is 5.31. The molecule has 0 saturated heterocycles. The zero-order valence-corrected chi connectivity index (χ0v) is 10.2. The third kappa shape index (κ3) is 3.31. The van der Waals surface area contributed by atoms with Gasteiger partial charge in [-0.25, -0.2) is 4.98 Å². The Morgan fingerprint density at radius 1 is 1.50 bits per heavy atom. The highest BCUT2D eigenvalue weighted by atomic mass is 16.5. The molecule has 0 unspecified atom stereocenters. The number of carbonyl (C=O) groups is 1. The molecule has 0 aliphatic carbocycles. The van der Waals surface area contributed by atoms with Gasteiger partial charge >= 0.3 is 0 Å². The third-order valence-corrected chi connectivity index (χ3v) is 2.18. The lowest BCUT2D eigenvalue weighted by atomic mass is 10.2. The van der Waals surface area contributed by atoms with Gasteiger partial charge in [0.2, 0.25) is 5.91 Å². The van der Waals surface area contributed by atoms with Crippen LogP contribution < -0.4 is 5.32 Å². The second-order valence-electron chi connectivity index (χ2n) is 4.04. The summed E-state index contributed by atoms with van der Waals surface area (Å²) in [7, 11) is 1.62. The first-order chi connectivity index (χ1) is 7.54. The quantitative estimate of drug-likeness (QED) is 0.849. The smallest absolute Gasteiger partial charge is 0.228 e. The molecule has 4 nitrogen and oxygen atoms in total. The van der Waals surface area contributed by atoms with E-state index in [-0.39, 0.29) is 11.8 Å². The molecular formula is C12H18N2O2. The molecule has 1 heterocycles. The van der Waals surface area contributed by atoms with E-state index in [1.807, 2.05) is 32.9 Å². The summed E-state index contributed by atoms with van der Waals surface area (Å²) in [5.41, 5.74) is 1.76. The van der Waals surface area contributed by atoms with Crippen LogP contribution in [-0.2, 0) is 16.1 Å². The maximum absolute atomic E-state index is 11.6. The lowest BCUT2D eigenvalue weighted by Gasteiger charge is -2.11. The van der Waals surface area contributed by atoms with Crippen LogP contribution in [0.3, 0.4) is 0 Å². The molecule has 0 fully saturated rings. The Bertz CT molecular complexity index is 375. The predicted octanol–water partition coefficient (Wildman–Crippen LogP) is 2.13. The van der Waals surface area contributed by atoms with Gasteiger partial charge in [-0.3, -0.25) is 4.79 Å². The third-order valence-electron chi connectivity index (χ3n) is 2.18. The SMILES string of the molecule is COCc1ccc(C)nc1NC(=O)C(C)C. The number of methoxy groups -OCH3 is 1. The normalized spacial score (nSPS) is 10.6. The van der Waals surface area contributed by atoms with Gasteiger partial charge in [0.25, 0.3) is 0 Å². The average molecular weight is 222 g/mol. The molecule has 1 rings (SSSR count). The van der Waals surface area contributed by atoms with Crippen molar-refractivity contribution in [2.45, 2.75) is 27.4 Å². The Kier molecular flexibility index (Phi) is 4.43. The lowest BCUT2D eigenvalue weighted by molar-refractivity contribution is -0.118. The van der Waals surface area contributed by atoms with E-state index in [1.165, 1.54) is 0 Å². The number of amides is 1. The number of nitrogens with one attached hydrogen (secondary N) is 1. The second-order valence-corrected chi connectivity index (χ2v) is 4.04.